The van der Waals surface area contributed by atoms with E-state index >= 15 is 0 Å². The molecule has 0 spiro atoms. The standard InChI is InChI=1S/C18H18N2O4S/c1-2-6-12-10-25-17-14(16(22)20(17)15(12)18(23)24)19-13(21)9-11-7-4-3-5-8-11/h2-8,14,17H,9-10H2,1H3,(H,19,21)(H,23,24)/b6-2-. The summed E-state index contributed by atoms with van der Waals surface area (Å²) in [6, 6.07) is 8.58. The van der Waals surface area contributed by atoms with Gasteiger partial charge in [-0.15, -0.1) is 11.8 Å². The minimum Gasteiger partial charge on any atom is -0.477 e. The van der Waals surface area contributed by atoms with Crippen molar-refractivity contribution in [1.29, 1.82) is 0 Å². The molecule has 130 valence electrons. The summed E-state index contributed by atoms with van der Waals surface area (Å²) in [4.78, 5) is 37.5. The third kappa shape index (κ3) is 3.32. The van der Waals surface area contributed by atoms with Crippen LogP contribution in [0.15, 0.2) is 53.8 Å². The van der Waals surface area contributed by atoms with Crippen molar-refractivity contribution < 1.29 is 19.5 Å². The molecule has 0 bridgehead atoms. The Labute approximate surface area is 149 Å². The predicted octanol–water partition coefficient (Wildman–Crippen LogP) is 1.54. The highest BCUT2D eigenvalue weighted by Crippen LogP contribution is 2.40. The normalized spacial score (nSPS) is 22.6. The SMILES string of the molecule is C/C=C\C1=C(C(=O)O)N2C(=O)C(NC(=O)Cc3ccccc3)C2SC1. The van der Waals surface area contributed by atoms with Crippen molar-refractivity contribution in [2.75, 3.05) is 5.75 Å². The predicted molar refractivity (Wildman–Crippen MR) is 94.6 cm³/mol. The Bertz CT molecular complexity index is 773. The number of allylic oxidation sites excluding steroid dienone is 2. The number of rotatable bonds is 5. The summed E-state index contributed by atoms with van der Waals surface area (Å²) in [5.41, 5.74) is 1.49. The molecule has 0 saturated carbocycles. The fraction of sp³-hybridized carbons (Fsp3) is 0.278. The Balaban J connectivity index is 1.71. The molecule has 2 amide bonds. The van der Waals surface area contributed by atoms with E-state index in [1.165, 1.54) is 16.7 Å². The molecule has 1 aromatic carbocycles. The first kappa shape index (κ1) is 17.3. The minimum absolute atomic E-state index is 0.0143. The van der Waals surface area contributed by atoms with E-state index in [0.29, 0.717) is 11.3 Å². The number of amides is 2. The number of fused-ring (bicyclic) bond motifs is 1. The molecule has 1 saturated heterocycles. The summed E-state index contributed by atoms with van der Waals surface area (Å²) in [5, 5.41) is 11.8. The average Bonchev–Trinajstić information content (AvgIpc) is 2.60. The van der Waals surface area contributed by atoms with Gasteiger partial charge in [0.05, 0.1) is 6.42 Å². The van der Waals surface area contributed by atoms with Crippen LogP contribution in [-0.4, -0.2) is 45.0 Å². The number of nitrogens with zero attached hydrogens (tertiary/aromatic N) is 1. The third-order valence-electron chi connectivity index (χ3n) is 4.09. The number of carboxylic acids is 1. The van der Waals surface area contributed by atoms with Gasteiger partial charge in [-0.25, -0.2) is 4.79 Å². The molecular formula is C18H18N2O4S. The van der Waals surface area contributed by atoms with Crippen LogP contribution in [0.25, 0.3) is 0 Å². The molecule has 6 nitrogen and oxygen atoms in total. The summed E-state index contributed by atoms with van der Waals surface area (Å²) in [6.45, 7) is 1.80. The fourth-order valence-electron chi connectivity index (χ4n) is 2.98. The molecular weight excluding hydrogens is 340 g/mol. The molecule has 0 aromatic heterocycles. The fourth-order valence-corrected chi connectivity index (χ4v) is 4.30. The molecule has 2 atom stereocenters. The van der Waals surface area contributed by atoms with E-state index in [9.17, 15) is 19.5 Å². The van der Waals surface area contributed by atoms with Gasteiger partial charge >= 0.3 is 5.97 Å². The first-order valence-corrected chi connectivity index (χ1v) is 8.95. The van der Waals surface area contributed by atoms with E-state index in [1.807, 2.05) is 30.3 Å². The van der Waals surface area contributed by atoms with Crippen molar-refractivity contribution >= 4 is 29.5 Å². The van der Waals surface area contributed by atoms with E-state index in [1.54, 1.807) is 19.1 Å². The Morgan fingerprint density at radius 3 is 2.72 bits per heavy atom. The molecule has 7 heteroatoms. The number of hydrogen-bond acceptors (Lipinski definition) is 4. The smallest absolute Gasteiger partial charge is 0.352 e. The van der Waals surface area contributed by atoms with E-state index in [0.717, 1.165) is 5.56 Å². The maximum Gasteiger partial charge on any atom is 0.352 e. The van der Waals surface area contributed by atoms with Crippen molar-refractivity contribution in [3.8, 4) is 0 Å². The number of aliphatic carboxylic acids is 1. The highest BCUT2D eigenvalue weighted by Gasteiger charge is 2.53. The molecule has 3 rings (SSSR count). The molecule has 2 heterocycles. The first-order chi connectivity index (χ1) is 12.0. The van der Waals surface area contributed by atoms with Crippen molar-refractivity contribution in [3.05, 3.63) is 59.3 Å². The quantitative estimate of drug-likeness (QED) is 0.780. The lowest BCUT2D eigenvalue weighted by atomic mass is 10.0. The second-order valence-electron chi connectivity index (χ2n) is 5.80. The van der Waals surface area contributed by atoms with E-state index in [2.05, 4.69) is 5.32 Å². The number of thioether (sulfide) groups is 1. The third-order valence-corrected chi connectivity index (χ3v) is 5.39. The highest BCUT2D eigenvalue weighted by atomic mass is 32.2. The first-order valence-electron chi connectivity index (χ1n) is 7.90. The topological polar surface area (TPSA) is 86.7 Å². The number of carbonyl (C=O) groups excluding carboxylic acids is 2. The Morgan fingerprint density at radius 2 is 2.08 bits per heavy atom. The van der Waals surface area contributed by atoms with Crippen LogP contribution in [0.1, 0.15) is 12.5 Å². The van der Waals surface area contributed by atoms with Gasteiger partial charge in [-0.2, -0.15) is 0 Å². The summed E-state index contributed by atoms with van der Waals surface area (Å²) in [5.74, 6) is -1.26. The molecule has 2 aliphatic heterocycles. The van der Waals surface area contributed by atoms with Crippen LogP contribution >= 0.6 is 11.8 Å². The molecule has 1 aromatic rings. The molecule has 2 N–H and O–H groups in total. The monoisotopic (exact) mass is 358 g/mol. The minimum atomic E-state index is -1.12. The zero-order chi connectivity index (χ0) is 18.0. The number of carbonyl (C=O) groups is 3. The average molecular weight is 358 g/mol. The molecule has 0 radical (unpaired) electrons. The van der Waals surface area contributed by atoms with Crippen LogP contribution < -0.4 is 5.32 Å². The van der Waals surface area contributed by atoms with Gasteiger partial charge in [0.1, 0.15) is 17.1 Å². The van der Waals surface area contributed by atoms with Crippen LogP contribution in [0, 0.1) is 0 Å². The molecule has 1 fully saturated rings. The van der Waals surface area contributed by atoms with Gasteiger partial charge in [-0.05, 0) is 18.1 Å². The molecule has 25 heavy (non-hydrogen) atoms. The zero-order valence-corrected chi connectivity index (χ0v) is 14.5. The summed E-state index contributed by atoms with van der Waals surface area (Å²) in [6.07, 6.45) is 3.65. The van der Waals surface area contributed by atoms with Crippen molar-refractivity contribution in [1.82, 2.24) is 10.2 Å². The number of carboxylic acid groups (broad SMARTS) is 1. The molecule has 0 aliphatic carbocycles. The second kappa shape index (κ2) is 7.14. The number of benzene rings is 1. The van der Waals surface area contributed by atoms with Crippen LogP contribution in [0.5, 0.6) is 0 Å². The maximum atomic E-state index is 12.4. The van der Waals surface area contributed by atoms with Gasteiger partial charge in [-0.1, -0.05) is 42.5 Å². The van der Waals surface area contributed by atoms with Crippen LogP contribution in [-0.2, 0) is 20.8 Å². The zero-order valence-electron chi connectivity index (χ0n) is 13.6. The molecule has 2 unspecified atom stereocenters. The van der Waals surface area contributed by atoms with E-state index in [-0.39, 0.29) is 29.3 Å². The lowest BCUT2D eigenvalue weighted by Gasteiger charge is -2.49. The number of nitrogens with one attached hydrogen (secondary N) is 1. The summed E-state index contributed by atoms with van der Waals surface area (Å²) >= 11 is 1.46. The van der Waals surface area contributed by atoms with Gasteiger partial charge in [0.25, 0.3) is 5.91 Å². The summed E-state index contributed by atoms with van der Waals surface area (Å²) < 4.78 is 0. The Morgan fingerprint density at radius 1 is 1.36 bits per heavy atom. The second-order valence-corrected chi connectivity index (χ2v) is 6.90. The Kier molecular flexibility index (Phi) is 4.94. The van der Waals surface area contributed by atoms with Gasteiger partial charge in [-0.3, -0.25) is 14.5 Å². The van der Waals surface area contributed by atoms with Crippen molar-refractivity contribution in [2.24, 2.45) is 0 Å². The van der Waals surface area contributed by atoms with Gasteiger partial charge < -0.3 is 10.4 Å². The van der Waals surface area contributed by atoms with Crippen LogP contribution in [0.2, 0.25) is 0 Å². The van der Waals surface area contributed by atoms with Crippen molar-refractivity contribution in [3.63, 3.8) is 0 Å². The largest absolute Gasteiger partial charge is 0.477 e. The van der Waals surface area contributed by atoms with E-state index < -0.39 is 12.0 Å². The van der Waals surface area contributed by atoms with Crippen LogP contribution in [0.3, 0.4) is 0 Å². The molecule has 2 aliphatic rings. The van der Waals surface area contributed by atoms with Crippen molar-refractivity contribution in [2.45, 2.75) is 24.8 Å². The summed E-state index contributed by atoms with van der Waals surface area (Å²) in [7, 11) is 0. The number of β-lactam (4-membered cyclic amide) rings is 1. The highest BCUT2D eigenvalue weighted by molar-refractivity contribution is 8.00. The lowest BCUT2D eigenvalue weighted by molar-refractivity contribution is -0.150. The number of hydrogen-bond donors (Lipinski definition) is 2. The Hall–Kier alpha value is -2.54. The van der Waals surface area contributed by atoms with Crippen LogP contribution in [0.4, 0.5) is 0 Å². The van der Waals surface area contributed by atoms with Gasteiger partial charge in [0, 0.05) is 5.75 Å². The van der Waals surface area contributed by atoms with Gasteiger partial charge in [0.2, 0.25) is 5.91 Å². The lowest BCUT2D eigenvalue weighted by Crippen LogP contribution is -2.70. The van der Waals surface area contributed by atoms with E-state index in [4.69, 9.17) is 0 Å². The van der Waals surface area contributed by atoms with Gasteiger partial charge in [0.15, 0.2) is 0 Å². The maximum absolute atomic E-state index is 12.4.